The van der Waals surface area contributed by atoms with Gasteiger partial charge in [-0.1, -0.05) is 282 Å². The summed E-state index contributed by atoms with van der Waals surface area (Å²) < 4.78 is 132. The van der Waals surface area contributed by atoms with E-state index in [1.165, 1.54) is 11.9 Å². The summed E-state index contributed by atoms with van der Waals surface area (Å²) in [5, 5.41) is 7.13. The van der Waals surface area contributed by atoms with Crippen molar-refractivity contribution in [2.75, 3.05) is 26.9 Å². The molecule has 145 heavy (non-hydrogen) atoms. The monoisotopic (exact) mass is 2020 g/mol. The van der Waals surface area contributed by atoms with E-state index in [2.05, 4.69) is 114 Å². The number of nitrogens with one attached hydrogen (secondary N) is 2. The van der Waals surface area contributed by atoms with Gasteiger partial charge in [0, 0.05) is 55.5 Å². The molecule has 4 aromatic rings. The minimum absolute atomic E-state index is 0.00168. The van der Waals surface area contributed by atoms with Crippen LogP contribution in [0.1, 0.15) is 289 Å². The Morgan fingerprint density at radius 2 is 1.07 bits per heavy atom. The topological polar surface area (TPSA) is 285 Å². The minimum atomic E-state index is -1.44. The average molecular weight is 2020 g/mol. The summed E-state index contributed by atoms with van der Waals surface area (Å²) in [6.45, 7) is 45.0. The summed E-state index contributed by atoms with van der Waals surface area (Å²) in [6, 6.07) is 39.1. The number of unbranched alkanes of at least 4 members (excludes halogenated alkanes) is 7. The number of allylic oxidation sites excluding steroid dienone is 1. The highest BCUT2D eigenvalue weighted by Crippen LogP contribution is 2.75. The van der Waals surface area contributed by atoms with Gasteiger partial charge in [0.25, 0.3) is 0 Å². The Hall–Kier alpha value is -6.51. The van der Waals surface area contributed by atoms with Gasteiger partial charge in [0.2, 0.25) is 12.2 Å². The fraction of sp³-hybridized carbons (Fsp3) is 0.739. The Balaban J connectivity index is 0.660. The van der Waals surface area contributed by atoms with Gasteiger partial charge in [0.1, 0.15) is 61.7 Å². The Morgan fingerprint density at radius 3 is 1.71 bits per heavy atom. The highest BCUT2D eigenvalue weighted by molar-refractivity contribution is 5.81. The van der Waals surface area contributed by atoms with Crippen LogP contribution in [0, 0.1) is 98.1 Å². The van der Waals surface area contributed by atoms with Gasteiger partial charge in [-0.15, -0.1) is 0 Å². The lowest BCUT2D eigenvalue weighted by atomic mass is 9.34. The molecule has 0 bridgehead atoms. The second-order valence-electron chi connectivity index (χ2n) is 48.0. The molecule has 38 atom stereocenters. The van der Waals surface area contributed by atoms with E-state index in [9.17, 15) is 19.2 Å². The Bertz CT molecular complexity index is 4880. The van der Waals surface area contributed by atoms with Gasteiger partial charge in [-0.25, -0.2) is 4.79 Å². The zero-order valence-corrected chi connectivity index (χ0v) is 90.6. The van der Waals surface area contributed by atoms with E-state index in [0.717, 1.165) is 112 Å². The van der Waals surface area contributed by atoms with E-state index in [1.54, 1.807) is 14.0 Å². The van der Waals surface area contributed by atoms with Crippen molar-refractivity contribution in [2.45, 2.75) is 434 Å². The van der Waals surface area contributed by atoms with Crippen LogP contribution in [0.4, 0.5) is 4.79 Å². The molecule has 4 aromatic carbocycles. The molecule has 5 aliphatic carbocycles. The van der Waals surface area contributed by atoms with Gasteiger partial charge < -0.3 is 105 Å². The fourth-order valence-corrected chi connectivity index (χ4v) is 28.1. The maximum Gasteiger partial charge on any atom is 0.410 e. The number of carbonyl (C=O) groups is 5. The highest BCUT2D eigenvalue weighted by Gasteiger charge is 2.73. The molecule has 4 saturated carbocycles. The number of carbonyl (C=O) groups excluding carboxylic acids is 5. The zero-order valence-electron chi connectivity index (χ0n) is 90.6. The molecule has 804 valence electrons. The molecule has 16 rings (SSSR count). The number of esters is 1. The molecule has 12 aliphatic rings. The highest BCUT2D eigenvalue weighted by atomic mass is 16.8. The summed E-state index contributed by atoms with van der Waals surface area (Å²) in [6.07, 6.45) is 2.54. The number of benzene rings is 4. The molecule has 7 saturated heterocycles. The van der Waals surface area contributed by atoms with E-state index in [0.29, 0.717) is 69.7 Å². The van der Waals surface area contributed by atoms with Crippen LogP contribution in [0.15, 0.2) is 133 Å². The number of methoxy groups -OCH3 is 1. The van der Waals surface area contributed by atoms with Crippen molar-refractivity contribution in [3.05, 3.63) is 155 Å². The molecular formula is C119H174N2O24. The average Bonchev–Trinajstić information content (AvgIpc) is 0.992. The number of fused-ring (bicyclic) bond motifs is 8. The first kappa shape index (κ1) is 111. The van der Waals surface area contributed by atoms with Gasteiger partial charge in [-0.2, -0.15) is 0 Å². The number of aldehydes is 1. The molecule has 7 heterocycles. The first-order valence-electron chi connectivity index (χ1n) is 55.4. The van der Waals surface area contributed by atoms with Crippen molar-refractivity contribution in [3.63, 3.8) is 0 Å². The molecule has 7 aliphatic heterocycles. The van der Waals surface area contributed by atoms with Gasteiger partial charge in [0.05, 0.1) is 93.3 Å². The van der Waals surface area contributed by atoms with Crippen LogP contribution in [-0.4, -0.2) is 198 Å². The van der Waals surface area contributed by atoms with Gasteiger partial charge >= 0.3 is 12.1 Å². The van der Waals surface area contributed by atoms with Crippen LogP contribution in [0.5, 0.6) is 0 Å². The van der Waals surface area contributed by atoms with E-state index in [-0.39, 0.29) is 114 Å². The molecule has 11 fully saturated rings. The summed E-state index contributed by atoms with van der Waals surface area (Å²) in [5.41, 5.74) is 1.98. The number of amides is 2. The van der Waals surface area contributed by atoms with Crippen LogP contribution >= 0.6 is 0 Å². The molecule has 26 nitrogen and oxygen atoms in total. The number of hydrogen-bond acceptors (Lipinski definition) is 24. The van der Waals surface area contributed by atoms with E-state index in [1.807, 2.05) is 156 Å². The third kappa shape index (κ3) is 24.3. The SMILES string of the molecule is CCC1O[C@@H](OC2[C@H](O[C@H]3CCC4(C)C5CC=C6C7CC(C)(C)CC[C@]7(NC(=O)O[C@H]7OC(COCc8ccccc8)[C@H](NC(=O)CCCCCCCCCCC(=O)OCc8ccccc8)C(C)C7O[C@@H]7O[C@H](C)[C@H](O[C@@H]8OC[C@@H](OCc9ccccc9)C(OCc9ccccc9)C8C)C8OC(C)(C)OC87)C(OC)C[C@@]6(C)[C@@]5(C)CC[C@H]4[C@@]3(C)C=O)OC(C(C)=O)[C@@H](C)[C@@H]2O[C@@H]2OC[C@@H](C)[C@H](C)C2C)C(C)[C@@H](C)[C@H]1C. The first-order valence-corrected chi connectivity index (χ1v) is 55.4. The fourth-order valence-electron chi connectivity index (χ4n) is 28.1. The maximum atomic E-state index is 16.4. The predicted octanol–water partition coefficient (Wildman–Crippen LogP) is 21.4. The van der Waals surface area contributed by atoms with Crippen LogP contribution in [0.25, 0.3) is 0 Å². The standard InChI is InChI=1S/C119H174N2O24/c1-22-88-74(5)73(4)76(7)108(135-88)142-104-100(139-106-75(6)72(3)71(2)63-132-106)78(9)98(80(11)123)138-110(104)137-93-56-57-115(17)91(116(93,18)70-122)55-58-117(19)92(115)54-53-86-87-61-113(13,14)59-60-119(87,94(127-21)62-118(86,117)20)121-112(126)143-109-101(77(8)97(89(136-109)68-128-64-82-43-33-29-34-44-82)120-95(124)51-41-27-25-23-24-26-28-42-52-96(125)130-66-84-47-37-31-38-48-84)140-111-105-103(144-114(15,16)145-105)102(81(12)134-111)141-107-79(10)99(131-67-85-49-39-32-40-50-85)90(69-133-107)129-65-83-45-35-30-36-46-83/h29-40,43-50,53,70-79,81,87-94,97-111H,22-28,41-42,51-52,54-69H2,1-21H3,(H,120,124)(H,121,126)/t71-,72+,73+,74-,75?,76?,77?,78-,79?,81-,87?,88?,89?,90-,91-,92?,93+,94?,97-,98?,99?,100+,101?,102+,103?,104?,105?,106+,107+,108+,109-,110-,111+,115?,116-,117+,118-,119-/m1/s1. The Labute approximate surface area is 864 Å². The lowest BCUT2D eigenvalue weighted by molar-refractivity contribution is -0.374. The Morgan fingerprint density at radius 1 is 0.490 bits per heavy atom. The van der Waals surface area contributed by atoms with Crippen molar-refractivity contribution in [1.29, 1.82) is 0 Å². The minimum Gasteiger partial charge on any atom is -0.461 e. The second kappa shape index (κ2) is 47.8. The molecule has 0 spiro atoms. The molecule has 26 heteroatoms. The number of ether oxygens (including phenoxy) is 19. The number of Topliss-reactive ketones (excluding diaryl/α,β-unsaturated/α-hetero) is 1. The number of hydrogen-bond donors (Lipinski definition) is 2. The lowest BCUT2D eigenvalue weighted by Crippen LogP contribution is -2.73. The molecule has 0 aromatic heterocycles. The van der Waals surface area contributed by atoms with Crippen LogP contribution in [0.3, 0.4) is 0 Å². The molecule has 2 amide bonds. The van der Waals surface area contributed by atoms with Crippen LogP contribution in [0.2, 0.25) is 0 Å². The molecule has 0 radical (unpaired) electrons. The maximum absolute atomic E-state index is 16.4. The van der Waals surface area contributed by atoms with Crippen molar-refractivity contribution < 1.29 is 114 Å². The largest absolute Gasteiger partial charge is 0.461 e. The lowest BCUT2D eigenvalue weighted by Gasteiger charge is -2.72. The predicted molar refractivity (Wildman–Crippen MR) is 547 cm³/mol. The van der Waals surface area contributed by atoms with E-state index in [4.69, 9.17) is 90.0 Å². The van der Waals surface area contributed by atoms with Crippen molar-refractivity contribution in [2.24, 2.45) is 98.1 Å². The van der Waals surface area contributed by atoms with Crippen molar-refractivity contribution in [1.82, 2.24) is 10.6 Å². The molecular weight excluding hydrogens is 1840 g/mol. The Kier molecular flexibility index (Phi) is 36.6. The summed E-state index contributed by atoms with van der Waals surface area (Å²) >= 11 is 0. The third-order valence-corrected chi connectivity index (χ3v) is 37.7. The quantitative estimate of drug-likeness (QED) is 0.0138. The third-order valence-electron chi connectivity index (χ3n) is 37.7. The first-order chi connectivity index (χ1) is 69.3. The number of alkyl carbamates (subject to hydrolysis) is 1. The summed E-state index contributed by atoms with van der Waals surface area (Å²) in [4.78, 5) is 72.8. The van der Waals surface area contributed by atoms with Crippen LogP contribution in [-0.2, 0) is 136 Å². The zero-order chi connectivity index (χ0) is 103. The van der Waals surface area contributed by atoms with Crippen molar-refractivity contribution in [3.8, 4) is 0 Å². The second-order valence-corrected chi connectivity index (χ2v) is 48.0. The summed E-state index contributed by atoms with van der Waals surface area (Å²) in [7, 11) is 1.79. The molecule has 16 unspecified atom stereocenters. The van der Waals surface area contributed by atoms with Gasteiger partial charge in [0.15, 0.2) is 43.0 Å². The number of ketones is 1. The normalized spacial score (nSPS) is 41.0. The molecule has 2 N–H and O–H groups in total. The van der Waals surface area contributed by atoms with Crippen LogP contribution < -0.4 is 10.6 Å². The smallest absolute Gasteiger partial charge is 0.410 e. The van der Waals surface area contributed by atoms with Gasteiger partial charge in [-0.05, 0) is 184 Å². The van der Waals surface area contributed by atoms with E-state index < -0.39 is 163 Å². The summed E-state index contributed by atoms with van der Waals surface area (Å²) in [5.74, 6) is -2.09. The van der Waals surface area contributed by atoms with Gasteiger partial charge in [-0.3, -0.25) is 14.4 Å². The number of rotatable bonds is 40. The van der Waals surface area contributed by atoms with Crippen molar-refractivity contribution >= 4 is 30.0 Å². The van der Waals surface area contributed by atoms with E-state index >= 15 is 4.79 Å².